The van der Waals surface area contributed by atoms with E-state index in [2.05, 4.69) is 60.6 Å². The van der Waals surface area contributed by atoms with Crippen LogP contribution in [0.3, 0.4) is 0 Å². The fourth-order valence-electron chi connectivity index (χ4n) is 1.71. The first-order valence-corrected chi connectivity index (χ1v) is 5.61. The molecule has 1 heterocycles. The predicted octanol–water partition coefficient (Wildman–Crippen LogP) is 3.99. The van der Waals surface area contributed by atoms with Gasteiger partial charge in [0.1, 0.15) is 0 Å². The van der Waals surface area contributed by atoms with Crippen molar-refractivity contribution in [2.75, 3.05) is 0 Å². The van der Waals surface area contributed by atoms with E-state index in [1.165, 1.54) is 17.0 Å². The lowest BCUT2D eigenvalue weighted by Gasteiger charge is -2.25. The van der Waals surface area contributed by atoms with E-state index < -0.39 is 0 Å². The first kappa shape index (κ1) is 12.2. The van der Waals surface area contributed by atoms with Gasteiger partial charge in [-0.1, -0.05) is 47.6 Å². The maximum absolute atomic E-state index is 4.81. The first-order valence-electron chi connectivity index (χ1n) is 5.61. The Hall–Kier alpha value is -0.850. The van der Waals surface area contributed by atoms with Gasteiger partial charge in [0.15, 0.2) is 0 Å². The summed E-state index contributed by atoms with van der Waals surface area (Å²) in [6.45, 7) is 15.4. The molecule has 15 heavy (non-hydrogen) atoms. The van der Waals surface area contributed by atoms with Crippen molar-refractivity contribution in [3.8, 4) is 0 Å². The molecule has 0 aliphatic carbocycles. The molecule has 0 atom stereocenters. The van der Waals surface area contributed by atoms with Gasteiger partial charge in [-0.15, -0.1) is 0 Å². The summed E-state index contributed by atoms with van der Waals surface area (Å²) in [6, 6.07) is 4.33. The molecule has 1 aromatic rings. The van der Waals surface area contributed by atoms with Crippen LogP contribution in [0.15, 0.2) is 12.1 Å². The molecule has 1 rings (SSSR count). The molecular weight excluding hydrogens is 182 g/mol. The highest BCUT2D eigenvalue weighted by Gasteiger charge is 2.22. The van der Waals surface area contributed by atoms with Crippen molar-refractivity contribution < 1.29 is 0 Å². The van der Waals surface area contributed by atoms with Crippen LogP contribution in [0.4, 0.5) is 0 Å². The van der Waals surface area contributed by atoms with E-state index in [0.717, 1.165) is 0 Å². The van der Waals surface area contributed by atoms with Gasteiger partial charge in [-0.2, -0.15) is 0 Å². The van der Waals surface area contributed by atoms with Gasteiger partial charge in [0.05, 0.1) is 0 Å². The minimum Gasteiger partial charge on any atom is -0.256 e. The van der Waals surface area contributed by atoms with E-state index >= 15 is 0 Å². The second-order valence-electron chi connectivity index (χ2n) is 6.36. The molecule has 0 spiro atoms. The topological polar surface area (TPSA) is 12.9 Å². The zero-order chi connectivity index (χ0) is 11.9. The lowest BCUT2D eigenvalue weighted by Crippen LogP contribution is -2.20. The molecule has 0 unspecified atom stereocenters. The van der Waals surface area contributed by atoms with Gasteiger partial charge < -0.3 is 0 Å². The Morgan fingerprint density at radius 3 is 1.80 bits per heavy atom. The Morgan fingerprint density at radius 2 is 1.40 bits per heavy atom. The van der Waals surface area contributed by atoms with E-state index in [4.69, 9.17) is 4.98 Å². The second kappa shape index (κ2) is 3.62. The number of aromatic nitrogens is 1. The van der Waals surface area contributed by atoms with Crippen LogP contribution in [-0.4, -0.2) is 4.98 Å². The number of nitrogens with zero attached hydrogens (tertiary/aromatic N) is 1. The van der Waals surface area contributed by atoms with Crippen LogP contribution in [0, 0.1) is 6.92 Å². The van der Waals surface area contributed by atoms with Crippen LogP contribution < -0.4 is 0 Å². The molecule has 0 bridgehead atoms. The van der Waals surface area contributed by atoms with Gasteiger partial charge in [-0.05, 0) is 18.6 Å². The summed E-state index contributed by atoms with van der Waals surface area (Å²) in [6.07, 6.45) is 0. The summed E-state index contributed by atoms with van der Waals surface area (Å²) in [5, 5.41) is 0. The normalized spacial score (nSPS) is 13.0. The van der Waals surface area contributed by atoms with Gasteiger partial charge in [0, 0.05) is 22.2 Å². The van der Waals surface area contributed by atoms with E-state index in [1.54, 1.807) is 0 Å². The molecule has 0 saturated carbocycles. The quantitative estimate of drug-likeness (QED) is 0.624. The van der Waals surface area contributed by atoms with Crippen molar-refractivity contribution in [2.45, 2.75) is 59.3 Å². The van der Waals surface area contributed by atoms with Gasteiger partial charge in [0.2, 0.25) is 0 Å². The maximum Gasteiger partial charge on any atom is 0.0489 e. The summed E-state index contributed by atoms with van der Waals surface area (Å²) in [5.41, 5.74) is 3.95. The van der Waals surface area contributed by atoms with Crippen molar-refractivity contribution in [1.82, 2.24) is 4.98 Å². The Morgan fingerprint density at radius 1 is 0.867 bits per heavy atom. The third-order valence-corrected chi connectivity index (χ3v) is 2.58. The van der Waals surface area contributed by atoms with Gasteiger partial charge in [-0.3, -0.25) is 4.98 Å². The van der Waals surface area contributed by atoms with E-state index in [1.807, 2.05) is 0 Å². The zero-order valence-electron chi connectivity index (χ0n) is 11.1. The Balaban J connectivity index is 3.30. The molecule has 0 radical (unpaired) electrons. The number of hydrogen-bond donors (Lipinski definition) is 0. The third-order valence-electron chi connectivity index (χ3n) is 2.58. The Bertz CT molecular complexity index is 351. The third kappa shape index (κ3) is 2.80. The van der Waals surface area contributed by atoms with Crippen molar-refractivity contribution >= 4 is 0 Å². The summed E-state index contributed by atoms with van der Waals surface area (Å²) < 4.78 is 0. The van der Waals surface area contributed by atoms with E-state index in [9.17, 15) is 0 Å². The molecule has 1 aromatic heterocycles. The molecule has 0 aliphatic rings. The van der Waals surface area contributed by atoms with Crippen molar-refractivity contribution in [2.24, 2.45) is 0 Å². The average Bonchev–Trinajstić information content (AvgIpc) is 2.00. The molecule has 0 aromatic carbocycles. The van der Waals surface area contributed by atoms with E-state index in [0.29, 0.717) is 0 Å². The highest BCUT2D eigenvalue weighted by Crippen LogP contribution is 2.27. The molecule has 0 fully saturated rings. The number of rotatable bonds is 0. The van der Waals surface area contributed by atoms with Crippen LogP contribution in [0.5, 0.6) is 0 Å². The minimum absolute atomic E-state index is 0.130. The molecule has 0 saturated heterocycles. The monoisotopic (exact) mass is 205 g/mol. The summed E-state index contributed by atoms with van der Waals surface area (Å²) in [5.74, 6) is 0. The molecular formula is C14H23N. The van der Waals surface area contributed by atoms with Gasteiger partial charge in [-0.25, -0.2) is 0 Å². The van der Waals surface area contributed by atoms with Crippen molar-refractivity contribution in [1.29, 1.82) is 0 Å². The largest absolute Gasteiger partial charge is 0.256 e. The average molecular weight is 205 g/mol. The van der Waals surface area contributed by atoms with Crippen molar-refractivity contribution in [3.05, 3.63) is 29.1 Å². The fourth-order valence-corrected chi connectivity index (χ4v) is 1.71. The number of aryl methyl sites for hydroxylation is 1. The minimum atomic E-state index is 0.130. The Labute approximate surface area is 93.9 Å². The molecule has 84 valence electrons. The maximum atomic E-state index is 4.81. The van der Waals surface area contributed by atoms with Crippen LogP contribution in [-0.2, 0) is 10.8 Å². The standard InChI is InChI=1S/C14H23N/c1-10-8-9-11(13(2,3)4)15-12(10)14(5,6)7/h8-9H,1-7H3. The summed E-state index contributed by atoms with van der Waals surface area (Å²) in [7, 11) is 0. The van der Waals surface area contributed by atoms with Crippen molar-refractivity contribution in [3.63, 3.8) is 0 Å². The molecule has 1 heteroatoms. The first-order chi connectivity index (χ1) is 6.62. The van der Waals surface area contributed by atoms with Crippen LogP contribution in [0.1, 0.15) is 58.5 Å². The summed E-state index contributed by atoms with van der Waals surface area (Å²) >= 11 is 0. The number of pyridine rings is 1. The van der Waals surface area contributed by atoms with Gasteiger partial charge in [0.25, 0.3) is 0 Å². The number of hydrogen-bond acceptors (Lipinski definition) is 1. The van der Waals surface area contributed by atoms with Crippen LogP contribution in [0.2, 0.25) is 0 Å². The SMILES string of the molecule is Cc1ccc(C(C)(C)C)nc1C(C)(C)C. The molecule has 0 aliphatic heterocycles. The fraction of sp³-hybridized carbons (Fsp3) is 0.643. The molecule has 0 amide bonds. The lowest BCUT2D eigenvalue weighted by atomic mass is 9.86. The molecule has 1 nitrogen and oxygen atoms in total. The van der Waals surface area contributed by atoms with E-state index in [-0.39, 0.29) is 10.8 Å². The smallest absolute Gasteiger partial charge is 0.0489 e. The predicted molar refractivity (Wildman–Crippen MR) is 66.4 cm³/mol. The Kier molecular flexibility index (Phi) is 2.95. The zero-order valence-corrected chi connectivity index (χ0v) is 11.1. The highest BCUT2D eigenvalue weighted by molar-refractivity contribution is 5.29. The highest BCUT2D eigenvalue weighted by atomic mass is 14.8. The molecule has 0 N–H and O–H groups in total. The van der Waals surface area contributed by atoms with Crippen LogP contribution >= 0.6 is 0 Å². The second-order valence-corrected chi connectivity index (χ2v) is 6.36. The van der Waals surface area contributed by atoms with Crippen LogP contribution in [0.25, 0.3) is 0 Å². The lowest BCUT2D eigenvalue weighted by molar-refractivity contribution is 0.528. The van der Waals surface area contributed by atoms with Gasteiger partial charge >= 0.3 is 0 Å². The summed E-state index contributed by atoms with van der Waals surface area (Å²) in [4.78, 5) is 4.81.